The molecule has 2 fully saturated rings. The largest absolute Gasteiger partial charge is 0.508 e. The van der Waals surface area contributed by atoms with Gasteiger partial charge in [-0.15, -0.1) is 0 Å². The van der Waals surface area contributed by atoms with E-state index < -0.39 is 6.04 Å². The van der Waals surface area contributed by atoms with E-state index >= 15 is 0 Å². The van der Waals surface area contributed by atoms with Crippen molar-refractivity contribution >= 4 is 5.91 Å². The number of morpholine rings is 1. The second kappa shape index (κ2) is 10.3. The van der Waals surface area contributed by atoms with Gasteiger partial charge in [0, 0.05) is 49.8 Å². The monoisotopic (exact) mass is 443 g/mol. The van der Waals surface area contributed by atoms with Gasteiger partial charge in [0.05, 0.1) is 26.4 Å². The second-order valence-electron chi connectivity index (χ2n) is 8.31. The van der Waals surface area contributed by atoms with Gasteiger partial charge < -0.3 is 25.2 Å². The number of nitrogens with zero attached hydrogens (tertiary/aromatic N) is 1. The lowest BCUT2D eigenvalue weighted by atomic mass is 9.91. The maximum absolute atomic E-state index is 14.6. The molecule has 2 saturated heterocycles. The van der Waals surface area contributed by atoms with Crippen LogP contribution in [0.4, 0.5) is 4.39 Å². The van der Waals surface area contributed by atoms with Crippen LogP contribution in [-0.2, 0) is 22.6 Å². The number of rotatable bonds is 7. The number of nitrogens with one attached hydrogen (secondary N) is 2. The number of phenols is 1. The number of phenolic OH excluding ortho intramolecular Hbond substituents is 1. The summed E-state index contributed by atoms with van der Waals surface area (Å²) in [6, 6.07) is 9.55. The smallest absolute Gasteiger partial charge is 0.220 e. The highest BCUT2D eigenvalue weighted by molar-refractivity contribution is 5.77. The molecule has 8 heteroatoms. The Labute approximate surface area is 187 Å². The zero-order valence-electron chi connectivity index (χ0n) is 18.3. The Morgan fingerprint density at radius 1 is 1.25 bits per heavy atom. The highest BCUT2D eigenvalue weighted by Crippen LogP contribution is 2.30. The van der Waals surface area contributed by atoms with E-state index in [1.807, 2.05) is 12.1 Å². The Balaban J connectivity index is 1.47. The molecule has 32 heavy (non-hydrogen) atoms. The SMILES string of the molecule is COc1ccc(F)c([C@@H]2NC(=O)CC[C@H]2NCc2ccc(O)c(CN3CCOCC3)c2)c1. The molecule has 172 valence electrons. The van der Waals surface area contributed by atoms with Crippen molar-refractivity contribution in [2.24, 2.45) is 0 Å². The molecule has 1 amide bonds. The number of ether oxygens (including phenoxy) is 2. The molecule has 2 atom stereocenters. The predicted molar refractivity (Wildman–Crippen MR) is 118 cm³/mol. The van der Waals surface area contributed by atoms with Gasteiger partial charge in [-0.05, 0) is 42.3 Å². The standard InChI is InChI=1S/C24H30FN3O4/c1-31-18-3-4-20(25)19(13-18)24-21(5-7-23(30)27-24)26-14-16-2-6-22(29)17(12-16)15-28-8-10-32-11-9-28/h2-4,6,12-13,21,24,26,29H,5,7-11,14-15H2,1H3,(H,27,30)/t21-,24+/m1/s1. The maximum atomic E-state index is 14.6. The van der Waals surface area contributed by atoms with Gasteiger partial charge in [0.1, 0.15) is 17.3 Å². The first kappa shape index (κ1) is 22.5. The maximum Gasteiger partial charge on any atom is 0.220 e. The molecular formula is C24H30FN3O4. The fraction of sp³-hybridized carbons (Fsp3) is 0.458. The van der Waals surface area contributed by atoms with Gasteiger partial charge in [-0.1, -0.05) is 6.07 Å². The van der Waals surface area contributed by atoms with Crippen molar-refractivity contribution in [3.63, 3.8) is 0 Å². The quantitative estimate of drug-likeness (QED) is 0.610. The Bertz CT molecular complexity index is 949. The summed E-state index contributed by atoms with van der Waals surface area (Å²) in [5, 5.41) is 16.7. The Morgan fingerprint density at radius 3 is 2.84 bits per heavy atom. The van der Waals surface area contributed by atoms with E-state index in [1.165, 1.54) is 13.2 Å². The first-order valence-electron chi connectivity index (χ1n) is 11.0. The van der Waals surface area contributed by atoms with Gasteiger partial charge in [0.15, 0.2) is 0 Å². The van der Waals surface area contributed by atoms with Crippen LogP contribution in [0.5, 0.6) is 11.5 Å². The minimum Gasteiger partial charge on any atom is -0.508 e. The van der Waals surface area contributed by atoms with Crippen LogP contribution in [0.15, 0.2) is 36.4 Å². The molecule has 0 radical (unpaired) electrons. The van der Waals surface area contributed by atoms with E-state index in [4.69, 9.17) is 9.47 Å². The van der Waals surface area contributed by atoms with Gasteiger partial charge in [0.25, 0.3) is 0 Å². The van der Waals surface area contributed by atoms with Gasteiger partial charge in [0.2, 0.25) is 5.91 Å². The van der Waals surface area contributed by atoms with Crippen LogP contribution in [0.1, 0.15) is 35.6 Å². The number of piperidine rings is 1. The average molecular weight is 444 g/mol. The fourth-order valence-electron chi connectivity index (χ4n) is 4.33. The third-order valence-electron chi connectivity index (χ3n) is 6.15. The molecule has 3 N–H and O–H groups in total. The molecule has 0 spiro atoms. The summed E-state index contributed by atoms with van der Waals surface area (Å²) in [6.07, 6.45) is 0.990. The zero-order valence-corrected chi connectivity index (χ0v) is 18.3. The summed E-state index contributed by atoms with van der Waals surface area (Å²) in [5.74, 6) is 0.364. The summed E-state index contributed by atoms with van der Waals surface area (Å²) >= 11 is 0. The lowest BCUT2D eigenvalue weighted by Gasteiger charge is -2.34. The number of halogens is 1. The number of hydrogen-bond donors (Lipinski definition) is 3. The topological polar surface area (TPSA) is 83.1 Å². The molecule has 2 heterocycles. The Morgan fingerprint density at radius 2 is 2.06 bits per heavy atom. The first-order valence-corrected chi connectivity index (χ1v) is 11.0. The molecule has 0 saturated carbocycles. The van der Waals surface area contributed by atoms with Crippen molar-refractivity contribution in [3.05, 3.63) is 58.9 Å². The third-order valence-corrected chi connectivity index (χ3v) is 6.15. The summed E-state index contributed by atoms with van der Waals surface area (Å²) in [6.45, 7) is 4.31. The van der Waals surface area contributed by atoms with Gasteiger partial charge >= 0.3 is 0 Å². The van der Waals surface area contributed by atoms with Gasteiger partial charge in [-0.25, -0.2) is 4.39 Å². The summed E-state index contributed by atoms with van der Waals surface area (Å²) in [4.78, 5) is 14.3. The zero-order chi connectivity index (χ0) is 22.5. The van der Waals surface area contributed by atoms with E-state index in [-0.39, 0.29) is 23.5 Å². The van der Waals surface area contributed by atoms with Crippen molar-refractivity contribution in [3.8, 4) is 11.5 Å². The van der Waals surface area contributed by atoms with Crippen LogP contribution in [0.2, 0.25) is 0 Å². The molecule has 0 bridgehead atoms. The van der Waals surface area contributed by atoms with Crippen LogP contribution in [0, 0.1) is 5.82 Å². The summed E-state index contributed by atoms with van der Waals surface area (Å²) in [5.41, 5.74) is 2.31. The van der Waals surface area contributed by atoms with E-state index in [0.717, 1.165) is 24.2 Å². The number of benzene rings is 2. The van der Waals surface area contributed by atoms with E-state index in [2.05, 4.69) is 15.5 Å². The lowest BCUT2D eigenvalue weighted by molar-refractivity contribution is -0.123. The molecule has 4 rings (SSSR count). The van der Waals surface area contributed by atoms with Crippen LogP contribution >= 0.6 is 0 Å². The summed E-state index contributed by atoms with van der Waals surface area (Å²) in [7, 11) is 1.53. The summed E-state index contributed by atoms with van der Waals surface area (Å²) < 4.78 is 25.2. The average Bonchev–Trinajstić information content (AvgIpc) is 2.81. The Kier molecular flexibility index (Phi) is 7.24. The molecule has 0 unspecified atom stereocenters. The number of amides is 1. The van der Waals surface area contributed by atoms with E-state index in [1.54, 1.807) is 18.2 Å². The number of aromatic hydroxyl groups is 1. The van der Waals surface area contributed by atoms with Crippen molar-refractivity contribution in [1.82, 2.24) is 15.5 Å². The first-order chi connectivity index (χ1) is 15.5. The van der Waals surface area contributed by atoms with Crippen molar-refractivity contribution in [2.45, 2.75) is 38.0 Å². The lowest BCUT2D eigenvalue weighted by Crippen LogP contribution is -2.48. The van der Waals surface area contributed by atoms with Crippen LogP contribution in [0.3, 0.4) is 0 Å². The highest BCUT2D eigenvalue weighted by Gasteiger charge is 2.31. The number of methoxy groups -OCH3 is 1. The van der Waals surface area contributed by atoms with Crippen molar-refractivity contribution in [1.29, 1.82) is 0 Å². The van der Waals surface area contributed by atoms with Crippen LogP contribution in [-0.4, -0.2) is 55.4 Å². The minimum atomic E-state index is -0.490. The van der Waals surface area contributed by atoms with Gasteiger partial charge in [-0.2, -0.15) is 0 Å². The Hall–Kier alpha value is -2.68. The normalized spacial score (nSPS) is 21.9. The van der Waals surface area contributed by atoms with Crippen molar-refractivity contribution in [2.75, 3.05) is 33.4 Å². The molecule has 2 aliphatic rings. The predicted octanol–water partition coefficient (Wildman–Crippen LogP) is 2.48. The van der Waals surface area contributed by atoms with Crippen LogP contribution < -0.4 is 15.4 Å². The molecule has 7 nitrogen and oxygen atoms in total. The minimum absolute atomic E-state index is 0.0901. The number of hydrogen-bond acceptors (Lipinski definition) is 6. The third kappa shape index (κ3) is 5.38. The molecule has 2 aromatic carbocycles. The molecule has 2 aliphatic heterocycles. The van der Waals surface area contributed by atoms with Crippen molar-refractivity contribution < 1.29 is 23.8 Å². The number of carbonyl (C=O) groups is 1. The van der Waals surface area contributed by atoms with Gasteiger partial charge in [-0.3, -0.25) is 9.69 Å². The molecular weight excluding hydrogens is 413 g/mol. The fourth-order valence-corrected chi connectivity index (χ4v) is 4.33. The molecule has 0 aliphatic carbocycles. The molecule has 0 aromatic heterocycles. The van der Waals surface area contributed by atoms with E-state index in [0.29, 0.717) is 50.5 Å². The van der Waals surface area contributed by atoms with Crippen LogP contribution in [0.25, 0.3) is 0 Å². The highest BCUT2D eigenvalue weighted by atomic mass is 19.1. The second-order valence-corrected chi connectivity index (χ2v) is 8.31. The molecule has 2 aromatic rings. The van der Waals surface area contributed by atoms with E-state index in [9.17, 15) is 14.3 Å². The number of carbonyl (C=O) groups excluding carboxylic acids is 1.